The first kappa shape index (κ1) is 13.5. The van der Waals surface area contributed by atoms with E-state index in [2.05, 4.69) is 5.32 Å². The van der Waals surface area contributed by atoms with Gasteiger partial charge in [-0.05, 0) is 31.2 Å². The molecule has 1 rings (SSSR count). The number of ether oxygens (including phenoxy) is 2. The van der Waals surface area contributed by atoms with Gasteiger partial charge in [0.25, 0.3) is 0 Å². The van der Waals surface area contributed by atoms with E-state index in [1.807, 2.05) is 0 Å². The number of anilines is 1. The van der Waals surface area contributed by atoms with Crippen LogP contribution in [0.2, 0.25) is 0 Å². The van der Waals surface area contributed by atoms with Crippen molar-refractivity contribution in [1.29, 1.82) is 0 Å². The molecule has 17 heavy (non-hydrogen) atoms. The number of benzene rings is 1. The van der Waals surface area contributed by atoms with Gasteiger partial charge in [-0.25, -0.2) is 0 Å². The fourth-order valence-corrected chi connectivity index (χ4v) is 1.13. The van der Waals surface area contributed by atoms with Gasteiger partial charge in [0.15, 0.2) is 0 Å². The van der Waals surface area contributed by atoms with Gasteiger partial charge in [0.1, 0.15) is 12.4 Å². The van der Waals surface area contributed by atoms with Crippen LogP contribution in [0.3, 0.4) is 0 Å². The van der Waals surface area contributed by atoms with Crippen molar-refractivity contribution in [2.24, 2.45) is 5.73 Å². The molecular formula is C12H18N2O3. The monoisotopic (exact) mass is 238 g/mol. The Hall–Kier alpha value is -1.59. The molecule has 0 aliphatic rings. The number of carbonyl (C=O) groups is 1. The number of hydrogen-bond acceptors (Lipinski definition) is 4. The third kappa shape index (κ3) is 4.84. The second-order valence-corrected chi connectivity index (χ2v) is 3.64. The summed E-state index contributed by atoms with van der Waals surface area (Å²) in [5.74, 6) is 0.527. The van der Waals surface area contributed by atoms with Gasteiger partial charge in [-0.2, -0.15) is 0 Å². The molecule has 0 fully saturated rings. The number of nitrogens with one attached hydrogen (secondary N) is 1. The summed E-state index contributed by atoms with van der Waals surface area (Å²) in [5.41, 5.74) is 6.14. The molecule has 0 aliphatic heterocycles. The number of nitrogens with two attached hydrogens (primary N) is 1. The molecule has 0 spiro atoms. The molecule has 1 aromatic carbocycles. The first-order valence-corrected chi connectivity index (χ1v) is 5.41. The van der Waals surface area contributed by atoms with Crippen LogP contribution >= 0.6 is 0 Å². The molecule has 0 radical (unpaired) electrons. The van der Waals surface area contributed by atoms with Crippen LogP contribution in [0.4, 0.5) is 5.69 Å². The van der Waals surface area contributed by atoms with Crippen molar-refractivity contribution in [1.82, 2.24) is 0 Å². The maximum Gasteiger partial charge on any atom is 0.240 e. The van der Waals surface area contributed by atoms with Crippen molar-refractivity contribution < 1.29 is 14.3 Å². The van der Waals surface area contributed by atoms with Gasteiger partial charge >= 0.3 is 0 Å². The topological polar surface area (TPSA) is 73.6 Å². The van der Waals surface area contributed by atoms with E-state index in [0.29, 0.717) is 18.9 Å². The zero-order valence-corrected chi connectivity index (χ0v) is 10.1. The summed E-state index contributed by atoms with van der Waals surface area (Å²) < 4.78 is 10.3. The lowest BCUT2D eigenvalue weighted by Gasteiger charge is -2.09. The average Bonchev–Trinajstić information content (AvgIpc) is 2.31. The minimum Gasteiger partial charge on any atom is -0.491 e. The van der Waals surface area contributed by atoms with Crippen LogP contribution < -0.4 is 15.8 Å². The van der Waals surface area contributed by atoms with Crippen molar-refractivity contribution in [3.63, 3.8) is 0 Å². The van der Waals surface area contributed by atoms with E-state index in [4.69, 9.17) is 15.2 Å². The molecule has 0 saturated heterocycles. The first-order chi connectivity index (χ1) is 8.13. The van der Waals surface area contributed by atoms with E-state index in [1.165, 1.54) is 0 Å². The highest BCUT2D eigenvalue weighted by molar-refractivity contribution is 5.94. The van der Waals surface area contributed by atoms with Crippen LogP contribution in [0.25, 0.3) is 0 Å². The fraction of sp³-hybridized carbons (Fsp3) is 0.417. The van der Waals surface area contributed by atoms with E-state index >= 15 is 0 Å². The van der Waals surface area contributed by atoms with E-state index in [1.54, 1.807) is 38.3 Å². The lowest BCUT2D eigenvalue weighted by atomic mass is 10.2. The molecule has 0 saturated carbocycles. The summed E-state index contributed by atoms with van der Waals surface area (Å²) in [7, 11) is 1.62. The SMILES string of the molecule is COCCOc1ccc(NC(=O)[C@@H](C)N)cc1. The molecule has 0 unspecified atom stereocenters. The zero-order valence-electron chi connectivity index (χ0n) is 10.1. The Kier molecular flexibility index (Phi) is 5.45. The largest absolute Gasteiger partial charge is 0.491 e. The van der Waals surface area contributed by atoms with E-state index in [9.17, 15) is 4.79 Å². The molecule has 0 heterocycles. The Morgan fingerprint density at radius 3 is 2.53 bits per heavy atom. The maximum absolute atomic E-state index is 11.3. The van der Waals surface area contributed by atoms with Crippen molar-refractivity contribution in [2.45, 2.75) is 13.0 Å². The lowest BCUT2D eigenvalue weighted by Crippen LogP contribution is -2.32. The van der Waals surface area contributed by atoms with Gasteiger partial charge in [-0.15, -0.1) is 0 Å². The summed E-state index contributed by atoms with van der Waals surface area (Å²) in [6.07, 6.45) is 0. The van der Waals surface area contributed by atoms with Gasteiger partial charge in [0.2, 0.25) is 5.91 Å². The molecule has 1 amide bonds. The highest BCUT2D eigenvalue weighted by atomic mass is 16.5. The minimum atomic E-state index is -0.521. The van der Waals surface area contributed by atoms with Crippen molar-refractivity contribution >= 4 is 11.6 Å². The normalized spacial score (nSPS) is 11.9. The van der Waals surface area contributed by atoms with Gasteiger partial charge in [-0.3, -0.25) is 4.79 Å². The van der Waals surface area contributed by atoms with Crippen LogP contribution in [-0.2, 0) is 9.53 Å². The number of amides is 1. The highest BCUT2D eigenvalue weighted by Gasteiger charge is 2.06. The molecular weight excluding hydrogens is 220 g/mol. The third-order valence-corrected chi connectivity index (χ3v) is 2.09. The second kappa shape index (κ2) is 6.88. The van der Waals surface area contributed by atoms with Crippen molar-refractivity contribution in [3.8, 4) is 5.75 Å². The Labute approximate surface area is 101 Å². The Morgan fingerprint density at radius 2 is 2.00 bits per heavy atom. The molecule has 3 N–H and O–H groups in total. The van der Waals surface area contributed by atoms with Crippen LogP contribution in [0.1, 0.15) is 6.92 Å². The molecule has 0 aliphatic carbocycles. The fourth-order valence-electron chi connectivity index (χ4n) is 1.13. The molecule has 1 aromatic rings. The Balaban J connectivity index is 2.47. The second-order valence-electron chi connectivity index (χ2n) is 3.64. The van der Waals surface area contributed by atoms with Gasteiger partial charge in [0, 0.05) is 12.8 Å². The summed E-state index contributed by atoms with van der Waals surface area (Å²) in [5, 5.41) is 2.69. The van der Waals surface area contributed by atoms with Crippen LogP contribution in [0, 0.1) is 0 Å². The van der Waals surface area contributed by atoms with Crippen LogP contribution in [0.5, 0.6) is 5.75 Å². The van der Waals surface area contributed by atoms with Gasteiger partial charge < -0.3 is 20.5 Å². The highest BCUT2D eigenvalue weighted by Crippen LogP contribution is 2.15. The maximum atomic E-state index is 11.3. The summed E-state index contributed by atoms with van der Waals surface area (Å²) in [6.45, 7) is 2.68. The third-order valence-electron chi connectivity index (χ3n) is 2.09. The van der Waals surface area contributed by atoms with Gasteiger partial charge in [-0.1, -0.05) is 0 Å². The van der Waals surface area contributed by atoms with E-state index in [-0.39, 0.29) is 5.91 Å². The predicted octanol–water partition coefficient (Wildman–Crippen LogP) is 0.998. The first-order valence-electron chi connectivity index (χ1n) is 5.41. The smallest absolute Gasteiger partial charge is 0.240 e. The van der Waals surface area contributed by atoms with Gasteiger partial charge in [0.05, 0.1) is 12.6 Å². The number of hydrogen-bond donors (Lipinski definition) is 2. The number of carbonyl (C=O) groups excluding carboxylic acids is 1. The molecule has 0 bridgehead atoms. The Morgan fingerprint density at radius 1 is 1.35 bits per heavy atom. The number of rotatable bonds is 6. The van der Waals surface area contributed by atoms with Crippen molar-refractivity contribution in [3.05, 3.63) is 24.3 Å². The summed E-state index contributed by atoms with van der Waals surface area (Å²) in [6, 6.07) is 6.58. The van der Waals surface area contributed by atoms with Crippen molar-refractivity contribution in [2.75, 3.05) is 25.6 Å². The number of methoxy groups -OCH3 is 1. The molecule has 1 atom stereocenters. The van der Waals surface area contributed by atoms with Crippen LogP contribution in [0.15, 0.2) is 24.3 Å². The Bertz CT molecular complexity index is 349. The summed E-state index contributed by atoms with van der Waals surface area (Å²) in [4.78, 5) is 11.3. The average molecular weight is 238 g/mol. The minimum absolute atomic E-state index is 0.210. The van der Waals surface area contributed by atoms with Crippen LogP contribution in [-0.4, -0.2) is 32.3 Å². The standard InChI is InChI=1S/C12H18N2O3/c1-9(13)12(15)14-10-3-5-11(6-4-10)17-8-7-16-2/h3-6,9H,7-8,13H2,1-2H3,(H,14,15)/t9-/m1/s1. The molecule has 5 nitrogen and oxygen atoms in total. The summed E-state index contributed by atoms with van der Waals surface area (Å²) >= 11 is 0. The molecule has 0 aromatic heterocycles. The zero-order chi connectivity index (χ0) is 12.7. The molecule has 94 valence electrons. The quantitative estimate of drug-likeness (QED) is 0.725. The van der Waals surface area contributed by atoms with E-state index in [0.717, 1.165) is 5.75 Å². The van der Waals surface area contributed by atoms with E-state index < -0.39 is 6.04 Å². The predicted molar refractivity (Wildman–Crippen MR) is 66.1 cm³/mol. The molecule has 5 heteroatoms. The lowest BCUT2D eigenvalue weighted by molar-refractivity contribution is -0.117.